The summed E-state index contributed by atoms with van der Waals surface area (Å²) in [6.45, 7) is 3.41. The maximum absolute atomic E-state index is 11.9. The molecule has 0 aromatic heterocycles. The van der Waals surface area contributed by atoms with Gasteiger partial charge in [-0.1, -0.05) is 30.3 Å². The summed E-state index contributed by atoms with van der Waals surface area (Å²) >= 11 is 0. The molecule has 0 saturated carbocycles. The third-order valence-electron chi connectivity index (χ3n) is 2.85. The zero-order valence-corrected chi connectivity index (χ0v) is 12.5. The molecule has 0 radical (unpaired) electrons. The van der Waals surface area contributed by atoms with E-state index in [0.29, 0.717) is 19.7 Å². The van der Waals surface area contributed by atoms with Gasteiger partial charge in [-0.05, 0) is 12.5 Å². The lowest BCUT2D eigenvalue weighted by Crippen LogP contribution is -2.47. The van der Waals surface area contributed by atoms with Crippen LogP contribution < -0.4 is 16.0 Å². The van der Waals surface area contributed by atoms with E-state index in [4.69, 9.17) is 4.74 Å². The third-order valence-corrected chi connectivity index (χ3v) is 2.85. The summed E-state index contributed by atoms with van der Waals surface area (Å²) < 4.78 is 4.86. The highest BCUT2D eigenvalue weighted by Gasteiger charge is 2.14. The first-order chi connectivity index (χ1) is 10.1. The Hall–Kier alpha value is -1.92. The van der Waals surface area contributed by atoms with E-state index in [9.17, 15) is 9.59 Å². The van der Waals surface area contributed by atoms with Crippen molar-refractivity contribution in [3.8, 4) is 0 Å². The maximum Gasteiger partial charge on any atom is 0.242 e. The van der Waals surface area contributed by atoms with Crippen molar-refractivity contribution in [3.05, 3.63) is 35.9 Å². The molecule has 1 unspecified atom stereocenters. The number of carbonyl (C=O) groups is 2. The van der Waals surface area contributed by atoms with Crippen molar-refractivity contribution in [2.75, 3.05) is 26.8 Å². The molecular formula is C15H23N3O3. The highest BCUT2D eigenvalue weighted by atomic mass is 16.5. The van der Waals surface area contributed by atoms with Crippen LogP contribution in [0.3, 0.4) is 0 Å². The van der Waals surface area contributed by atoms with Gasteiger partial charge in [0.15, 0.2) is 0 Å². The number of benzene rings is 1. The molecule has 0 aliphatic heterocycles. The number of carbonyl (C=O) groups excluding carboxylic acids is 2. The van der Waals surface area contributed by atoms with Crippen LogP contribution in [-0.4, -0.2) is 44.7 Å². The average Bonchev–Trinajstić information content (AvgIpc) is 2.50. The number of rotatable bonds is 9. The van der Waals surface area contributed by atoms with E-state index in [-0.39, 0.29) is 18.4 Å². The van der Waals surface area contributed by atoms with Gasteiger partial charge in [0.2, 0.25) is 11.8 Å². The molecule has 1 aromatic rings. The lowest BCUT2D eigenvalue weighted by Gasteiger charge is -2.14. The first-order valence-electron chi connectivity index (χ1n) is 6.94. The minimum atomic E-state index is -0.564. The fourth-order valence-electron chi connectivity index (χ4n) is 1.67. The Balaban J connectivity index is 2.22. The monoisotopic (exact) mass is 293 g/mol. The van der Waals surface area contributed by atoms with E-state index < -0.39 is 6.04 Å². The number of nitrogens with one attached hydrogen (secondary N) is 3. The summed E-state index contributed by atoms with van der Waals surface area (Å²) in [7, 11) is 1.60. The summed E-state index contributed by atoms with van der Waals surface area (Å²) in [5.74, 6) is -0.419. The van der Waals surface area contributed by atoms with Gasteiger partial charge >= 0.3 is 0 Å². The molecule has 0 heterocycles. The Kier molecular flexibility index (Phi) is 8.08. The zero-order valence-electron chi connectivity index (χ0n) is 12.5. The first-order valence-corrected chi connectivity index (χ1v) is 6.94. The smallest absolute Gasteiger partial charge is 0.242 e. The van der Waals surface area contributed by atoms with Gasteiger partial charge in [-0.3, -0.25) is 9.59 Å². The van der Waals surface area contributed by atoms with Crippen LogP contribution in [0.15, 0.2) is 30.3 Å². The van der Waals surface area contributed by atoms with Crippen LogP contribution in [0.4, 0.5) is 0 Å². The molecule has 2 amide bonds. The predicted molar refractivity (Wildman–Crippen MR) is 80.6 cm³/mol. The fourth-order valence-corrected chi connectivity index (χ4v) is 1.67. The van der Waals surface area contributed by atoms with Crippen LogP contribution in [0.1, 0.15) is 12.5 Å². The molecule has 1 rings (SSSR count). The van der Waals surface area contributed by atoms with Crippen LogP contribution in [0.2, 0.25) is 0 Å². The van der Waals surface area contributed by atoms with Crippen molar-refractivity contribution in [2.24, 2.45) is 0 Å². The van der Waals surface area contributed by atoms with Crippen molar-refractivity contribution < 1.29 is 14.3 Å². The average molecular weight is 293 g/mol. The van der Waals surface area contributed by atoms with E-state index in [1.807, 2.05) is 30.3 Å². The molecule has 3 N–H and O–H groups in total. The van der Waals surface area contributed by atoms with E-state index in [1.54, 1.807) is 14.0 Å². The summed E-state index contributed by atoms with van der Waals surface area (Å²) in [5.41, 5.74) is 1.02. The molecule has 6 heteroatoms. The minimum Gasteiger partial charge on any atom is -0.383 e. The number of hydrogen-bond donors (Lipinski definition) is 3. The van der Waals surface area contributed by atoms with Crippen LogP contribution in [0.25, 0.3) is 0 Å². The number of amides is 2. The van der Waals surface area contributed by atoms with Crippen molar-refractivity contribution in [3.63, 3.8) is 0 Å². The molecule has 1 aromatic carbocycles. The highest BCUT2D eigenvalue weighted by Crippen LogP contribution is 1.97. The van der Waals surface area contributed by atoms with Crippen LogP contribution in [0.5, 0.6) is 0 Å². The SMILES string of the molecule is COCCNCC(=O)NC(C)C(=O)NCc1ccccc1. The lowest BCUT2D eigenvalue weighted by molar-refractivity contribution is -0.128. The lowest BCUT2D eigenvalue weighted by atomic mass is 10.2. The molecule has 21 heavy (non-hydrogen) atoms. The van der Waals surface area contributed by atoms with Gasteiger partial charge in [-0.2, -0.15) is 0 Å². The van der Waals surface area contributed by atoms with Crippen LogP contribution in [0, 0.1) is 0 Å². The highest BCUT2D eigenvalue weighted by molar-refractivity contribution is 5.87. The quantitative estimate of drug-likeness (QED) is 0.562. The Morgan fingerprint density at radius 2 is 1.95 bits per heavy atom. The summed E-state index contributed by atoms with van der Waals surface area (Å²) in [4.78, 5) is 23.5. The Morgan fingerprint density at radius 1 is 1.24 bits per heavy atom. The minimum absolute atomic E-state index is 0.166. The summed E-state index contributed by atoms with van der Waals surface area (Å²) in [6, 6.07) is 9.05. The number of hydrogen-bond acceptors (Lipinski definition) is 4. The molecule has 6 nitrogen and oxygen atoms in total. The Bertz CT molecular complexity index is 437. The van der Waals surface area contributed by atoms with Crippen LogP contribution >= 0.6 is 0 Å². The number of ether oxygens (including phenoxy) is 1. The second-order valence-corrected chi connectivity index (χ2v) is 4.66. The van der Waals surface area contributed by atoms with Crippen LogP contribution in [-0.2, 0) is 20.9 Å². The van der Waals surface area contributed by atoms with Gasteiger partial charge in [0.1, 0.15) is 6.04 Å². The van der Waals surface area contributed by atoms with Crippen molar-refractivity contribution >= 4 is 11.8 Å². The molecule has 0 bridgehead atoms. The van der Waals surface area contributed by atoms with Gasteiger partial charge < -0.3 is 20.7 Å². The number of methoxy groups -OCH3 is 1. The topological polar surface area (TPSA) is 79.5 Å². The van der Waals surface area contributed by atoms with E-state index in [0.717, 1.165) is 5.56 Å². The fraction of sp³-hybridized carbons (Fsp3) is 0.467. The van der Waals surface area contributed by atoms with Gasteiger partial charge in [0.05, 0.1) is 13.2 Å². The largest absolute Gasteiger partial charge is 0.383 e. The molecule has 0 aliphatic rings. The zero-order chi connectivity index (χ0) is 15.5. The molecule has 0 saturated heterocycles. The van der Waals surface area contributed by atoms with E-state index >= 15 is 0 Å². The molecule has 1 atom stereocenters. The maximum atomic E-state index is 11.9. The van der Waals surface area contributed by atoms with Gasteiger partial charge in [0, 0.05) is 20.2 Å². The second-order valence-electron chi connectivity index (χ2n) is 4.66. The second kappa shape index (κ2) is 9.90. The molecule has 0 spiro atoms. The standard InChI is InChI=1S/C15H23N3O3/c1-12(18-14(19)11-16-8-9-21-2)15(20)17-10-13-6-4-3-5-7-13/h3-7,12,16H,8-11H2,1-2H3,(H,17,20)(H,18,19). The third kappa shape index (κ3) is 7.43. The summed E-state index contributed by atoms with van der Waals surface area (Å²) in [6.07, 6.45) is 0. The summed E-state index contributed by atoms with van der Waals surface area (Å²) in [5, 5.41) is 8.34. The molecule has 0 fully saturated rings. The Labute approximate surface area is 125 Å². The van der Waals surface area contributed by atoms with Crippen molar-refractivity contribution in [1.82, 2.24) is 16.0 Å². The predicted octanol–water partition coefficient (Wildman–Crippen LogP) is 0.0435. The van der Waals surface area contributed by atoms with Gasteiger partial charge in [-0.25, -0.2) is 0 Å². The van der Waals surface area contributed by atoms with Gasteiger partial charge in [-0.15, -0.1) is 0 Å². The first kappa shape index (κ1) is 17.1. The van der Waals surface area contributed by atoms with Crippen molar-refractivity contribution in [1.29, 1.82) is 0 Å². The van der Waals surface area contributed by atoms with Gasteiger partial charge in [0.25, 0.3) is 0 Å². The van der Waals surface area contributed by atoms with Crippen molar-refractivity contribution in [2.45, 2.75) is 19.5 Å². The molecular weight excluding hydrogens is 270 g/mol. The molecule has 116 valence electrons. The normalized spacial score (nSPS) is 11.7. The van der Waals surface area contributed by atoms with E-state index in [2.05, 4.69) is 16.0 Å². The Morgan fingerprint density at radius 3 is 2.62 bits per heavy atom. The molecule has 0 aliphatic carbocycles. The van der Waals surface area contributed by atoms with E-state index in [1.165, 1.54) is 0 Å².